The molecule has 0 bridgehead atoms. The molecule has 0 saturated heterocycles. The summed E-state index contributed by atoms with van der Waals surface area (Å²) in [6.45, 7) is 1.74. The molecule has 4 heteroatoms. The lowest BCUT2D eigenvalue weighted by atomic mass is 9.84. The molecule has 3 atom stereocenters. The first-order valence-corrected chi connectivity index (χ1v) is 6.73. The summed E-state index contributed by atoms with van der Waals surface area (Å²) in [7, 11) is 0. The molecule has 100 valence electrons. The van der Waals surface area contributed by atoms with Crippen molar-refractivity contribution in [2.45, 2.75) is 51.5 Å². The van der Waals surface area contributed by atoms with Gasteiger partial charge >= 0.3 is 5.97 Å². The molecule has 1 saturated carbocycles. The number of hydrogen-bond acceptors (Lipinski definition) is 2. The molecule has 2 N–H and O–H groups in total. The lowest BCUT2D eigenvalue weighted by Crippen LogP contribution is -2.48. The Labute approximate surface area is 107 Å². The van der Waals surface area contributed by atoms with Crippen LogP contribution in [-0.4, -0.2) is 23.0 Å². The van der Waals surface area contributed by atoms with E-state index in [-0.39, 0.29) is 17.9 Å². The molecule has 0 aliphatic heterocycles. The Morgan fingerprint density at radius 2 is 2.11 bits per heavy atom. The first-order chi connectivity index (χ1) is 8.54. The topological polar surface area (TPSA) is 66.4 Å². The second kappa shape index (κ2) is 5.12. The van der Waals surface area contributed by atoms with Gasteiger partial charge in [0.25, 0.3) is 0 Å². The largest absolute Gasteiger partial charge is 0.481 e. The molecule has 0 spiro atoms. The molecule has 2 aliphatic rings. The van der Waals surface area contributed by atoms with E-state index >= 15 is 0 Å². The summed E-state index contributed by atoms with van der Waals surface area (Å²) < 4.78 is 0. The van der Waals surface area contributed by atoms with Gasteiger partial charge in [-0.3, -0.25) is 9.59 Å². The summed E-state index contributed by atoms with van der Waals surface area (Å²) in [5.74, 6) is -0.749. The van der Waals surface area contributed by atoms with Gasteiger partial charge in [0.15, 0.2) is 0 Å². The van der Waals surface area contributed by atoms with Crippen molar-refractivity contribution >= 4 is 11.9 Å². The maximum absolute atomic E-state index is 12.1. The van der Waals surface area contributed by atoms with Gasteiger partial charge in [0.05, 0.1) is 5.41 Å². The van der Waals surface area contributed by atoms with Gasteiger partial charge in [0.1, 0.15) is 0 Å². The lowest BCUT2D eigenvalue weighted by molar-refractivity contribution is -0.149. The quantitative estimate of drug-likeness (QED) is 0.755. The number of nitrogens with one attached hydrogen (secondary N) is 1. The summed E-state index contributed by atoms with van der Waals surface area (Å²) in [5, 5.41) is 12.3. The monoisotopic (exact) mass is 251 g/mol. The molecule has 0 aromatic carbocycles. The van der Waals surface area contributed by atoms with Crippen LogP contribution in [0.1, 0.15) is 45.4 Å². The molecule has 0 aromatic rings. The molecule has 1 amide bonds. The van der Waals surface area contributed by atoms with Crippen molar-refractivity contribution in [2.75, 3.05) is 0 Å². The average Bonchev–Trinajstić information content (AvgIpc) is 2.73. The third kappa shape index (κ3) is 2.42. The fraction of sp³-hybridized carbons (Fsp3) is 0.714. The van der Waals surface area contributed by atoms with Gasteiger partial charge in [-0.1, -0.05) is 18.6 Å². The highest BCUT2D eigenvalue weighted by atomic mass is 16.4. The van der Waals surface area contributed by atoms with E-state index < -0.39 is 11.4 Å². The van der Waals surface area contributed by atoms with Crippen LogP contribution in [0.25, 0.3) is 0 Å². The van der Waals surface area contributed by atoms with E-state index in [0.717, 1.165) is 32.1 Å². The van der Waals surface area contributed by atoms with E-state index in [1.54, 1.807) is 6.92 Å². The van der Waals surface area contributed by atoms with Crippen LogP contribution in [0.3, 0.4) is 0 Å². The molecule has 0 heterocycles. The summed E-state index contributed by atoms with van der Waals surface area (Å²) >= 11 is 0. The van der Waals surface area contributed by atoms with Crippen LogP contribution in [0.5, 0.6) is 0 Å². The molecular formula is C14H21NO3. The SMILES string of the molecule is CC1(C(=O)O)CCCC1NC(=O)C1CC=CCC1. The van der Waals surface area contributed by atoms with Gasteiger partial charge < -0.3 is 10.4 Å². The van der Waals surface area contributed by atoms with Gasteiger partial charge in [-0.25, -0.2) is 0 Å². The molecule has 4 nitrogen and oxygen atoms in total. The standard InChI is InChI=1S/C14H21NO3/c1-14(13(17)18)9-5-8-11(14)15-12(16)10-6-3-2-4-7-10/h2-3,10-11H,4-9H2,1H3,(H,15,16)(H,17,18). The van der Waals surface area contributed by atoms with E-state index in [9.17, 15) is 14.7 Å². The number of carbonyl (C=O) groups is 2. The first-order valence-electron chi connectivity index (χ1n) is 6.73. The number of amides is 1. The van der Waals surface area contributed by atoms with Crippen LogP contribution in [-0.2, 0) is 9.59 Å². The van der Waals surface area contributed by atoms with Gasteiger partial charge in [0.2, 0.25) is 5.91 Å². The fourth-order valence-electron chi connectivity index (χ4n) is 2.97. The van der Waals surface area contributed by atoms with E-state index in [4.69, 9.17) is 0 Å². The number of carboxylic acids is 1. The predicted octanol–water partition coefficient (Wildman–Crippen LogP) is 2.10. The van der Waals surface area contributed by atoms with E-state index in [1.807, 2.05) is 6.08 Å². The van der Waals surface area contributed by atoms with Gasteiger partial charge in [-0.05, 0) is 39.0 Å². The minimum absolute atomic E-state index is 0.0219. The Morgan fingerprint density at radius 1 is 1.33 bits per heavy atom. The summed E-state index contributed by atoms with van der Waals surface area (Å²) in [4.78, 5) is 23.5. The van der Waals surface area contributed by atoms with Gasteiger partial charge in [-0.2, -0.15) is 0 Å². The number of carbonyl (C=O) groups excluding carboxylic acids is 1. The molecule has 2 rings (SSSR count). The van der Waals surface area contributed by atoms with Crippen molar-refractivity contribution < 1.29 is 14.7 Å². The van der Waals surface area contributed by atoms with Gasteiger partial charge in [0, 0.05) is 12.0 Å². The van der Waals surface area contributed by atoms with Crippen LogP contribution in [0.15, 0.2) is 12.2 Å². The smallest absolute Gasteiger partial charge is 0.311 e. The maximum Gasteiger partial charge on any atom is 0.311 e. The predicted molar refractivity (Wildman–Crippen MR) is 68.0 cm³/mol. The maximum atomic E-state index is 12.1. The van der Waals surface area contributed by atoms with Crippen molar-refractivity contribution in [1.29, 1.82) is 0 Å². The third-order valence-electron chi connectivity index (χ3n) is 4.40. The van der Waals surface area contributed by atoms with E-state index in [2.05, 4.69) is 11.4 Å². The second-order valence-corrected chi connectivity index (χ2v) is 5.66. The zero-order valence-corrected chi connectivity index (χ0v) is 10.8. The Bertz CT molecular complexity index is 377. The zero-order chi connectivity index (χ0) is 13.2. The highest BCUT2D eigenvalue weighted by molar-refractivity contribution is 5.82. The van der Waals surface area contributed by atoms with Crippen molar-refractivity contribution in [3.05, 3.63) is 12.2 Å². The molecular weight excluding hydrogens is 230 g/mol. The number of aliphatic carboxylic acids is 1. The fourth-order valence-corrected chi connectivity index (χ4v) is 2.97. The van der Waals surface area contributed by atoms with Crippen LogP contribution >= 0.6 is 0 Å². The highest BCUT2D eigenvalue weighted by Gasteiger charge is 2.46. The molecule has 2 aliphatic carbocycles. The van der Waals surface area contributed by atoms with Crippen molar-refractivity contribution in [3.8, 4) is 0 Å². The number of allylic oxidation sites excluding steroid dienone is 2. The van der Waals surface area contributed by atoms with Crippen LogP contribution < -0.4 is 5.32 Å². The minimum Gasteiger partial charge on any atom is -0.481 e. The normalized spacial score (nSPS) is 35.4. The lowest BCUT2D eigenvalue weighted by Gasteiger charge is -2.29. The minimum atomic E-state index is -0.797. The van der Waals surface area contributed by atoms with Crippen molar-refractivity contribution in [2.24, 2.45) is 11.3 Å². The second-order valence-electron chi connectivity index (χ2n) is 5.66. The number of carboxylic acid groups (broad SMARTS) is 1. The third-order valence-corrected chi connectivity index (χ3v) is 4.40. The van der Waals surface area contributed by atoms with Gasteiger partial charge in [-0.15, -0.1) is 0 Å². The van der Waals surface area contributed by atoms with Crippen LogP contribution in [0.2, 0.25) is 0 Å². The molecule has 0 aromatic heterocycles. The van der Waals surface area contributed by atoms with Crippen LogP contribution in [0.4, 0.5) is 0 Å². The Balaban J connectivity index is 1.98. The summed E-state index contributed by atoms with van der Waals surface area (Å²) in [6, 6.07) is -0.214. The molecule has 0 radical (unpaired) electrons. The average molecular weight is 251 g/mol. The Morgan fingerprint density at radius 3 is 2.72 bits per heavy atom. The van der Waals surface area contributed by atoms with Crippen molar-refractivity contribution in [1.82, 2.24) is 5.32 Å². The Hall–Kier alpha value is -1.32. The number of rotatable bonds is 3. The number of hydrogen-bond donors (Lipinski definition) is 2. The summed E-state index contributed by atoms with van der Waals surface area (Å²) in [5.41, 5.74) is -0.792. The van der Waals surface area contributed by atoms with E-state index in [1.165, 1.54) is 0 Å². The first kappa shape index (κ1) is 13.1. The molecule has 18 heavy (non-hydrogen) atoms. The molecule has 1 fully saturated rings. The van der Waals surface area contributed by atoms with E-state index in [0.29, 0.717) is 6.42 Å². The molecule has 3 unspecified atom stereocenters. The zero-order valence-electron chi connectivity index (χ0n) is 10.8. The highest BCUT2D eigenvalue weighted by Crippen LogP contribution is 2.38. The Kier molecular flexibility index (Phi) is 3.73. The summed E-state index contributed by atoms with van der Waals surface area (Å²) in [6.07, 6.45) is 9.03. The van der Waals surface area contributed by atoms with Crippen LogP contribution in [0, 0.1) is 11.3 Å². The van der Waals surface area contributed by atoms with Crippen molar-refractivity contribution in [3.63, 3.8) is 0 Å².